The van der Waals surface area contributed by atoms with E-state index in [9.17, 15) is 9.59 Å². The van der Waals surface area contributed by atoms with Gasteiger partial charge in [-0.2, -0.15) is 0 Å². The zero-order valence-corrected chi connectivity index (χ0v) is 13.0. The fourth-order valence-corrected chi connectivity index (χ4v) is 3.18. The summed E-state index contributed by atoms with van der Waals surface area (Å²) in [6, 6.07) is 4.19. The minimum absolute atomic E-state index is 0.252. The molecular weight excluding hydrogens is 248 g/mol. The van der Waals surface area contributed by atoms with Gasteiger partial charge in [0.25, 0.3) is 0 Å². The molecule has 1 aliphatic carbocycles. The quantitative estimate of drug-likeness (QED) is 0.805. The Bertz CT molecular complexity index is 557. The van der Waals surface area contributed by atoms with Crippen molar-refractivity contribution in [3.05, 3.63) is 34.4 Å². The Morgan fingerprint density at radius 1 is 1.20 bits per heavy atom. The second kappa shape index (κ2) is 5.51. The van der Waals surface area contributed by atoms with Gasteiger partial charge in [0.2, 0.25) is 0 Å². The first-order valence-electron chi connectivity index (χ1n) is 7.60. The van der Waals surface area contributed by atoms with Gasteiger partial charge in [-0.25, -0.2) is 0 Å². The van der Waals surface area contributed by atoms with E-state index in [2.05, 4.69) is 26.8 Å². The highest BCUT2D eigenvalue weighted by molar-refractivity contribution is 6.05. The molecule has 108 valence electrons. The number of fused-ring (bicyclic) bond motifs is 1. The Hall–Kier alpha value is -1.44. The highest BCUT2D eigenvalue weighted by Gasteiger charge is 2.43. The van der Waals surface area contributed by atoms with Gasteiger partial charge in [-0.15, -0.1) is 0 Å². The molecule has 2 nitrogen and oxygen atoms in total. The van der Waals surface area contributed by atoms with Crippen LogP contribution in [0.3, 0.4) is 0 Å². The van der Waals surface area contributed by atoms with E-state index in [1.165, 1.54) is 16.7 Å². The minimum atomic E-state index is -0.340. The predicted octanol–water partition coefficient (Wildman–Crippen LogP) is 4.20. The Morgan fingerprint density at radius 2 is 1.85 bits per heavy atom. The van der Waals surface area contributed by atoms with E-state index in [-0.39, 0.29) is 17.0 Å². The van der Waals surface area contributed by atoms with E-state index in [1.54, 1.807) is 0 Å². The third kappa shape index (κ3) is 2.44. The van der Waals surface area contributed by atoms with Crippen LogP contribution in [0.2, 0.25) is 0 Å². The summed E-state index contributed by atoms with van der Waals surface area (Å²) in [6.07, 6.45) is 3.41. The third-order valence-corrected chi connectivity index (χ3v) is 4.93. The van der Waals surface area contributed by atoms with Crippen molar-refractivity contribution in [2.24, 2.45) is 5.41 Å². The maximum absolute atomic E-state index is 12.8. The van der Waals surface area contributed by atoms with Crippen LogP contribution in [0.25, 0.3) is 0 Å². The van der Waals surface area contributed by atoms with Crippen LogP contribution in [0.1, 0.15) is 66.6 Å². The number of carbonyl (C=O) groups excluding carboxylic acids is 2. The lowest BCUT2D eigenvalue weighted by molar-refractivity contribution is -0.119. The van der Waals surface area contributed by atoms with Crippen LogP contribution in [-0.2, 0) is 11.2 Å². The molecule has 1 aliphatic rings. The van der Waals surface area contributed by atoms with Gasteiger partial charge in [0.1, 0.15) is 5.78 Å². The van der Waals surface area contributed by atoms with E-state index in [0.717, 1.165) is 18.4 Å². The molecule has 0 saturated carbocycles. The van der Waals surface area contributed by atoms with Crippen molar-refractivity contribution in [2.75, 3.05) is 0 Å². The fourth-order valence-electron chi connectivity index (χ4n) is 3.18. The number of benzene rings is 1. The Balaban J connectivity index is 2.30. The number of aryl methyl sites for hydroxylation is 2. The van der Waals surface area contributed by atoms with Crippen molar-refractivity contribution in [3.8, 4) is 0 Å². The normalized spacial score (nSPS) is 21.1. The molecule has 2 rings (SSSR count). The highest BCUT2D eigenvalue weighted by atomic mass is 16.1. The van der Waals surface area contributed by atoms with Crippen LogP contribution in [0, 0.1) is 19.3 Å². The summed E-state index contributed by atoms with van der Waals surface area (Å²) in [5.41, 5.74) is 4.14. The molecule has 1 aromatic carbocycles. The monoisotopic (exact) mass is 272 g/mol. The maximum atomic E-state index is 12.8. The zero-order valence-electron chi connectivity index (χ0n) is 13.0. The van der Waals surface area contributed by atoms with Crippen molar-refractivity contribution in [1.29, 1.82) is 0 Å². The number of rotatable bonds is 5. The molecule has 0 heterocycles. The molecule has 0 fully saturated rings. The van der Waals surface area contributed by atoms with Crippen molar-refractivity contribution in [1.82, 2.24) is 0 Å². The summed E-state index contributed by atoms with van der Waals surface area (Å²) in [5, 5.41) is 0. The summed E-state index contributed by atoms with van der Waals surface area (Å²) in [5.74, 6) is 0.510. The molecule has 0 amide bonds. The SMILES string of the molecule is CCC(=O)CCC1(CC)Cc2cc(C)c(C)cc2C1=O. The average molecular weight is 272 g/mol. The second-order valence-corrected chi connectivity index (χ2v) is 6.13. The molecule has 20 heavy (non-hydrogen) atoms. The molecule has 0 N–H and O–H groups in total. The summed E-state index contributed by atoms with van der Waals surface area (Å²) in [6.45, 7) is 8.10. The van der Waals surface area contributed by atoms with Gasteiger partial charge in [-0.05, 0) is 55.9 Å². The van der Waals surface area contributed by atoms with Crippen molar-refractivity contribution >= 4 is 11.6 Å². The van der Waals surface area contributed by atoms with E-state index >= 15 is 0 Å². The first-order chi connectivity index (χ1) is 9.43. The van der Waals surface area contributed by atoms with E-state index < -0.39 is 0 Å². The van der Waals surface area contributed by atoms with Crippen molar-refractivity contribution in [2.45, 2.75) is 59.8 Å². The number of hydrogen-bond acceptors (Lipinski definition) is 2. The first kappa shape index (κ1) is 15.0. The molecule has 1 aromatic rings. The van der Waals surface area contributed by atoms with E-state index in [0.29, 0.717) is 19.3 Å². The zero-order chi connectivity index (χ0) is 14.9. The molecule has 2 heteroatoms. The van der Waals surface area contributed by atoms with Gasteiger partial charge in [0, 0.05) is 23.8 Å². The van der Waals surface area contributed by atoms with Gasteiger partial charge < -0.3 is 0 Å². The average Bonchev–Trinajstić information content (AvgIpc) is 2.70. The summed E-state index contributed by atoms with van der Waals surface area (Å²) < 4.78 is 0. The lowest BCUT2D eigenvalue weighted by Crippen LogP contribution is -2.28. The third-order valence-electron chi connectivity index (χ3n) is 4.93. The highest BCUT2D eigenvalue weighted by Crippen LogP contribution is 2.43. The molecule has 0 aromatic heterocycles. The van der Waals surface area contributed by atoms with Crippen LogP contribution < -0.4 is 0 Å². The molecule has 0 bridgehead atoms. The second-order valence-electron chi connectivity index (χ2n) is 6.13. The predicted molar refractivity (Wildman–Crippen MR) is 81.2 cm³/mol. The molecule has 1 unspecified atom stereocenters. The van der Waals surface area contributed by atoms with Crippen molar-refractivity contribution < 1.29 is 9.59 Å². The number of Topliss-reactive ketones (excluding diaryl/α,β-unsaturated/α-hetero) is 2. The smallest absolute Gasteiger partial charge is 0.169 e. The fraction of sp³-hybridized carbons (Fsp3) is 0.556. The van der Waals surface area contributed by atoms with Gasteiger partial charge in [-0.3, -0.25) is 9.59 Å². The number of ketones is 2. The molecule has 0 spiro atoms. The van der Waals surface area contributed by atoms with Gasteiger partial charge in [-0.1, -0.05) is 19.9 Å². The van der Waals surface area contributed by atoms with E-state index in [1.807, 2.05) is 13.0 Å². The first-order valence-corrected chi connectivity index (χ1v) is 7.60. The maximum Gasteiger partial charge on any atom is 0.169 e. The van der Waals surface area contributed by atoms with Gasteiger partial charge in [0.05, 0.1) is 0 Å². The topological polar surface area (TPSA) is 34.1 Å². The van der Waals surface area contributed by atoms with Crippen LogP contribution in [0.5, 0.6) is 0 Å². The summed E-state index contributed by atoms with van der Waals surface area (Å²) in [4.78, 5) is 24.4. The lowest BCUT2D eigenvalue weighted by Gasteiger charge is -2.25. The molecule has 0 radical (unpaired) electrons. The van der Waals surface area contributed by atoms with Gasteiger partial charge >= 0.3 is 0 Å². The Morgan fingerprint density at radius 3 is 2.45 bits per heavy atom. The number of carbonyl (C=O) groups is 2. The molecule has 0 saturated heterocycles. The Kier molecular flexibility index (Phi) is 4.12. The Labute approximate surface area is 121 Å². The summed E-state index contributed by atoms with van der Waals surface area (Å²) >= 11 is 0. The van der Waals surface area contributed by atoms with Crippen LogP contribution in [-0.4, -0.2) is 11.6 Å². The van der Waals surface area contributed by atoms with Gasteiger partial charge in [0.15, 0.2) is 5.78 Å². The summed E-state index contributed by atoms with van der Waals surface area (Å²) in [7, 11) is 0. The van der Waals surface area contributed by atoms with Crippen LogP contribution >= 0.6 is 0 Å². The molecule has 0 aliphatic heterocycles. The number of hydrogen-bond donors (Lipinski definition) is 0. The standard InChI is InChI=1S/C18H24O2/c1-5-15(19)7-8-18(6-2)11-14-9-12(3)13(4)10-16(14)17(18)20/h9-10H,5-8,11H2,1-4H3. The molecular formula is C18H24O2. The largest absolute Gasteiger partial charge is 0.300 e. The van der Waals surface area contributed by atoms with Crippen LogP contribution in [0.4, 0.5) is 0 Å². The minimum Gasteiger partial charge on any atom is -0.300 e. The van der Waals surface area contributed by atoms with E-state index in [4.69, 9.17) is 0 Å². The van der Waals surface area contributed by atoms with Crippen molar-refractivity contribution in [3.63, 3.8) is 0 Å². The van der Waals surface area contributed by atoms with Crippen LogP contribution in [0.15, 0.2) is 12.1 Å². The molecule has 1 atom stereocenters. The lowest BCUT2D eigenvalue weighted by atomic mass is 9.76.